The Morgan fingerprint density at radius 3 is 2.67 bits per heavy atom. The molecule has 3 aromatic heterocycles. The number of anilines is 1. The van der Waals surface area contributed by atoms with Crippen molar-refractivity contribution >= 4 is 40.2 Å². The first-order chi connectivity index (χ1) is 20.3. The molecule has 13 heteroatoms. The van der Waals surface area contributed by atoms with Gasteiger partial charge in [-0.15, -0.1) is 0 Å². The van der Waals surface area contributed by atoms with Gasteiger partial charge in [0.2, 0.25) is 0 Å². The lowest BCUT2D eigenvalue weighted by molar-refractivity contribution is -0.000387. The molecule has 0 saturated carbocycles. The molecular weight excluding hydrogens is 574 g/mol. The van der Waals surface area contributed by atoms with Crippen LogP contribution in [0.2, 0.25) is 5.15 Å². The van der Waals surface area contributed by atoms with E-state index in [4.69, 9.17) is 26.5 Å². The summed E-state index contributed by atoms with van der Waals surface area (Å²) in [5.41, 5.74) is 8.95. The van der Waals surface area contributed by atoms with Crippen LogP contribution < -0.4 is 16.5 Å². The fraction of sp³-hybridized carbons (Fsp3) is 0.367. The molecule has 1 aliphatic rings. The quantitative estimate of drug-likeness (QED) is 0.0858. The molecule has 4 heterocycles. The number of hydrogen-bond donors (Lipinski definition) is 3. The number of nitrogens with zero attached hydrogens (tertiary/aromatic N) is 5. The van der Waals surface area contributed by atoms with E-state index in [2.05, 4.69) is 20.6 Å². The van der Waals surface area contributed by atoms with Crippen molar-refractivity contribution in [3.63, 3.8) is 0 Å². The number of ether oxygens (including phenoxy) is 1. The van der Waals surface area contributed by atoms with Crippen LogP contribution in [0.5, 0.6) is 0 Å². The summed E-state index contributed by atoms with van der Waals surface area (Å²) in [6.45, 7) is 12.0. The molecular formula is C30H34ClN7O5. The highest BCUT2D eigenvalue weighted by Gasteiger charge is 2.35. The standard InChI is InChI=1S/C30H34ClN7O5/c1-15-9-20(17(3)34-22-7-8-23(31)35-24(22)28(32)36-41)27-21(10-15)25(39)16(2)26(42-27)18-11-33-38(12-18)19-13-37(14-19)29(40)43-30(4,5)6/h7-12,17,19,34,41H,13-14H2,1-6H3,(H2,32,36)/t17-/m1/s1. The van der Waals surface area contributed by atoms with Crippen molar-refractivity contribution in [2.24, 2.45) is 10.9 Å². The van der Waals surface area contributed by atoms with Gasteiger partial charge in [-0.25, -0.2) is 9.78 Å². The number of hydrogen-bond acceptors (Lipinski definition) is 9. The Morgan fingerprint density at radius 1 is 1.28 bits per heavy atom. The molecule has 1 amide bonds. The van der Waals surface area contributed by atoms with E-state index in [0.29, 0.717) is 46.6 Å². The maximum atomic E-state index is 13.6. The van der Waals surface area contributed by atoms with Crippen molar-refractivity contribution in [3.8, 4) is 11.3 Å². The largest absolute Gasteiger partial charge is 0.455 e. The second-order valence-corrected chi connectivity index (χ2v) is 12.1. The van der Waals surface area contributed by atoms with Gasteiger partial charge < -0.3 is 30.3 Å². The molecule has 1 fully saturated rings. The molecule has 4 N–H and O–H groups in total. The van der Waals surface area contributed by atoms with Gasteiger partial charge >= 0.3 is 6.09 Å². The minimum atomic E-state index is -0.564. The highest BCUT2D eigenvalue weighted by atomic mass is 35.5. The van der Waals surface area contributed by atoms with Gasteiger partial charge in [0.05, 0.1) is 34.9 Å². The topological polar surface area (TPSA) is 161 Å². The molecule has 0 aliphatic carbocycles. The van der Waals surface area contributed by atoms with Crippen molar-refractivity contribution in [2.75, 3.05) is 18.4 Å². The number of oxime groups is 1. The third kappa shape index (κ3) is 6.00. The molecule has 5 rings (SSSR count). The number of likely N-dealkylation sites (tertiary alicyclic amines) is 1. The van der Waals surface area contributed by atoms with Crippen molar-refractivity contribution in [2.45, 2.75) is 59.2 Å². The van der Waals surface area contributed by atoms with Crippen LogP contribution in [0.1, 0.15) is 62.2 Å². The molecule has 12 nitrogen and oxygen atoms in total. The highest BCUT2D eigenvalue weighted by Crippen LogP contribution is 2.33. The molecule has 1 aliphatic heterocycles. The number of nitrogens with one attached hydrogen (secondary N) is 1. The summed E-state index contributed by atoms with van der Waals surface area (Å²) < 4.78 is 13.7. The molecule has 43 heavy (non-hydrogen) atoms. The Labute approximate surface area is 253 Å². The Bertz CT molecular complexity index is 1800. The zero-order chi connectivity index (χ0) is 31.2. The number of aromatic nitrogens is 3. The van der Waals surface area contributed by atoms with Crippen LogP contribution in [0, 0.1) is 13.8 Å². The number of halogens is 1. The maximum absolute atomic E-state index is 13.6. The summed E-state index contributed by atoms with van der Waals surface area (Å²) in [5, 5.41) is 20.8. The van der Waals surface area contributed by atoms with Crippen LogP contribution in [0.25, 0.3) is 22.3 Å². The second kappa shape index (κ2) is 11.3. The van der Waals surface area contributed by atoms with Crippen LogP contribution in [0.4, 0.5) is 10.5 Å². The average molecular weight is 608 g/mol. The zero-order valence-electron chi connectivity index (χ0n) is 24.8. The van der Waals surface area contributed by atoms with E-state index >= 15 is 0 Å². The van der Waals surface area contributed by atoms with Gasteiger partial charge in [-0.05, 0) is 65.3 Å². The number of pyridine rings is 1. The number of carbonyl (C=O) groups excluding carboxylic acids is 1. The minimum Gasteiger partial charge on any atom is -0.455 e. The van der Waals surface area contributed by atoms with Crippen molar-refractivity contribution < 1.29 is 19.2 Å². The normalized spacial score (nSPS) is 15.0. The molecule has 0 radical (unpaired) electrons. The second-order valence-electron chi connectivity index (χ2n) is 11.7. The Hall–Kier alpha value is -4.58. The number of amides is 1. The Kier molecular flexibility index (Phi) is 7.82. The van der Waals surface area contributed by atoms with Crippen molar-refractivity contribution in [1.82, 2.24) is 19.7 Å². The van der Waals surface area contributed by atoms with Gasteiger partial charge in [0.25, 0.3) is 0 Å². The lowest BCUT2D eigenvalue weighted by Gasteiger charge is -2.39. The summed E-state index contributed by atoms with van der Waals surface area (Å²) in [6.07, 6.45) is 3.13. The predicted molar refractivity (Wildman–Crippen MR) is 164 cm³/mol. The minimum absolute atomic E-state index is 0.0201. The van der Waals surface area contributed by atoms with E-state index in [1.165, 1.54) is 0 Å². The number of aryl methyl sites for hydroxylation is 1. The van der Waals surface area contributed by atoms with Crippen LogP contribution in [-0.4, -0.2) is 55.5 Å². The average Bonchev–Trinajstić information content (AvgIpc) is 3.38. The molecule has 0 bridgehead atoms. The van der Waals surface area contributed by atoms with Gasteiger partial charge in [0.15, 0.2) is 11.3 Å². The molecule has 0 unspecified atom stereocenters. The summed E-state index contributed by atoms with van der Waals surface area (Å²) in [5.74, 6) is 0.211. The van der Waals surface area contributed by atoms with Crippen LogP contribution in [-0.2, 0) is 4.74 Å². The van der Waals surface area contributed by atoms with Gasteiger partial charge in [-0.1, -0.05) is 22.8 Å². The fourth-order valence-corrected chi connectivity index (χ4v) is 5.17. The third-order valence-corrected chi connectivity index (χ3v) is 7.40. The molecule has 1 aromatic carbocycles. The first-order valence-corrected chi connectivity index (χ1v) is 14.1. The molecule has 1 atom stereocenters. The van der Waals surface area contributed by atoms with Crippen LogP contribution >= 0.6 is 11.6 Å². The van der Waals surface area contributed by atoms with Gasteiger partial charge in [-0.2, -0.15) is 5.10 Å². The van der Waals surface area contributed by atoms with Gasteiger partial charge in [0.1, 0.15) is 27.8 Å². The summed E-state index contributed by atoms with van der Waals surface area (Å²) in [4.78, 5) is 31.8. The number of fused-ring (bicyclic) bond motifs is 1. The first kappa shape index (κ1) is 29.9. The maximum Gasteiger partial charge on any atom is 0.410 e. The lowest BCUT2D eigenvalue weighted by atomic mass is 9.99. The Morgan fingerprint density at radius 2 is 2.00 bits per heavy atom. The van der Waals surface area contributed by atoms with E-state index < -0.39 is 5.60 Å². The first-order valence-electron chi connectivity index (χ1n) is 13.8. The summed E-state index contributed by atoms with van der Waals surface area (Å²) in [7, 11) is 0. The van der Waals surface area contributed by atoms with Crippen LogP contribution in [0.3, 0.4) is 0 Å². The number of carbonyl (C=O) groups is 1. The SMILES string of the molecule is Cc1cc([C@@H](C)Nc2ccc(Cl)nc2/C(N)=N/O)c2oc(-c3cnn(C4CN(C(=O)OC(C)(C)C)C4)c3)c(C)c(=O)c2c1. The van der Waals surface area contributed by atoms with E-state index in [1.54, 1.807) is 34.8 Å². The van der Waals surface area contributed by atoms with E-state index in [9.17, 15) is 14.8 Å². The lowest BCUT2D eigenvalue weighted by Crippen LogP contribution is -2.52. The van der Waals surface area contributed by atoms with Gasteiger partial charge in [-0.3, -0.25) is 9.48 Å². The molecule has 1 saturated heterocycles. The van der Waals surface area contributed by atoms with Crippen molar-refractivity contribution in [3.05, 3.63) is 74.4 Å². The molecule has 0 spiro atoms. The Balaban J connectivity index is 1.47. The van der Waals surface area contributed by atoms with Crippen LogP contribution in [0.15, 0.2) is 51.0 Å². The third-order valence-electron chi connectivity index (χ3n) is 7.19. The smallest absolute Gasteiger partial charge is 0.410 e. The molecule has 4 aromatic rings. The fourth-order valence-electron chi connectivity index (χ4n) is 5.02. The number of benzene rings is 1. The summed E-state index contributed by atoms with van der Waals surface area (Å²) >= 11 is 6.05. The van der Waals surface area contributed by atoms with E-state index in [1.807, 2.05) is 52.9 Å². The number of rotatable bonds is 6. The monoisotopic (exact) mass is 607 g/mol. The van der Waals surface area contributed by atoms with E-state index in [0.717, 1.165) is 11.1 Å². The number of amidine groups is 1. The number of nitrogens with two attached hydrogens (primary N) is 1. The van der Waals surface area contributed by atoms with Crippen molar-refractivity contribution in [1.29, 1.82) is 0 Å². The zero-order valence-corrected chi connectivity index (χ0v) is 25.6. The predicted octanol–water partition coefficient (Wildman–Crippen LogP) is 5.38. The van der Waals surface area contributed by atoms with Gasteiger partial charge in [0, 0.05) is 30.4 Å². The van der Waals surface area contributed by atoms with E-state index in [-0.39, 0.29) is 40.3 Å². The highest BCUT2D eigenvalue weighted by molar-refractivity contribution is 6.29. The summed E-state index contributed by atoms with van der Waals surface area (Å²) in [6, 6.07) is 6.62. The molecule has 226 valence electrons.